The van der Waals surface area contributed by atoms with Crippen molar-refractivity contribution < 1.29 is 0 Å². The Balaban J connectivity index is 2.44. The van der Waals surface area contributed by atoms with E-state index in [1.54, 1.807) is 0 Å². The number of aromatic nitrogens is 3. The summed E-state index contributed by atoms with van der Waals surface area (Å²) in [7, 11) is 1.93. The van der Waals surface area contributed by atoms with E-state index in [4.69, 9.17) is 11.6 Å². The Morgan fingerprint density at radius 3 is 2.69 bits per heavy atom. The van der Waals surface area contributed by atoms with Gasteiger partial charge in [-0.25, -0.2) is 9.97 Å². The van der Waals surface area contributed by atoms with E-state index in [1.807, 2.05) is 18.5 Å². The van der Waals surface area contributed by atoms with E-state index in [0.717, 1.165) is 27.0 Å². The third-order valence-corrected chi connectivity index (χ3v) is 4.45. The van der Waals surface area contributed by atoms with Gasteiger partial charge in [0.15, 0.2) is 0 Å². The van der Waals surface area contributed by atoms with Crippen LogP contribution in [-0.4, -0.2) is 14.5 Å². The quantitative estimate of drug-likeness (QED) is 0.806. The van der Waals surface area contributed by atoms with Crippen LogP contribution in [0.4, 0.5) is 0 Å². The fraction of sp³-hybridized carbons (Fsp3) is 0.455. The highest BCUT2D eigenvalue weighted by molar-refractivity contribution is 9.10. The smallest absolute Gasteiger partial charge is 0.146 e. The summed E-state index contributed by atoms with van der Waals surface area (Å²) in [5, 5.41) is 1.78. The standard InChI is InChI=1S/C11H11BrClN3/c1-5-14-9(6-3-4-6)7-8(12)10(13)16(2)11(7)15-5/h6H,3-4H2,1-2H3. The van der Waals surface area contributed by atoms with Crippen LogP contribution in [0, 0.1) is 6.92 Å². The predicted octanol–water partition coefficient (Wildman–Crippen LogP) is 3.57. The van der Waals surface area contributed by atoms with Crippen LogP contribution in [0.5, 0.6) is 0 Å². The lowest BCUT2D eigenvalue weighted by molar-refractivity contribution is 0.913. The molecule has 0 N–H and O–H groups in total. The monoisotopic (exact) mass is 299 g/mol. The van der Waals surface area contributed by atoms with Gasteiger partial charge in [0, 0.05) is 13.0 Å². The molecule has 2 heterocycles. The Morgan fingerprint density at radius 1 is 1.38 bits per heavy atom. The number of nitrogens with zero attached hydrogens (tertiary/aromatic N) is 3. The predicted molar refractivity (Wildman–Crippen MR) is 67.9 cm³/mol. The first-order valence-electron chi connectivity index (χ1n) is 5.27. The molecular weight excluding hydrogens is 289 g/mol. The van der Waals surface area contributed by atoms with Crippen LogP contribution in [0.25, 0.3) is 11.0 Å². The SMILES string of the molecule is Cc1nc(C2CC2)c2c(Br)c(Cl)n(C)c2n1. The van der Waals surface area contributed by atoms with E-state index in [-0.39, 0.29) is 0 Å². The van der Waals surface area contributed by atoms with Crippen LogP contribution in [0.15, 0.2) is 4.47 Å². The third-order valence-electron chi connectivity index (χ3n) is 3.01. The molecule has 84 valence electrons. The van der Waals surface area contributed by atoms with Crippen LogP contribution >= 0.6 is 27.5 Å². The van der Waals surface area contributed by atoms with Gasteiger partial charge in [0.1, 0.15) is 16.6 Å². The van der Waals surface area contributed by atoms with Gasteiger partial charge < -0.3 is 4.57 Å². The van der Waals surface area contributed by atoms with Crippen molar-refractivity contribution in [3.63, 3.8) is 0 Å². The number of hydrogen-bond acceptors (Lipinski definition) is 2. The summed E-state index contributed by atoms with van der Waals surface area (Å²) in [6.45, 7) is 1.93. The van der Waals surface area contributed by atoms with Crippen LogP contribution in [0.1, 0.15) is 30.3 Å². The summed E-state index contributed by atoms with van der Waals surface area (Å²) in [4.78, 5) is 9.03. The zero-order valence-corrected chi connectivity index (χ0v) is 11.4. The van der Waals surface area contributed by atoms with Crippen molar-refractivity contribution in [2.45, 2.75) is 25.7 Å². The summed E-state index contributed by atoms with van der Waals surface area (Å²) >= 11 is 9.76. The van der Waals surface area contributed by atoms with Gasteiger partial charge in [-0.2, -0.15) is 0 Å². The van der Waals surface area contributed by atoms with Crippen LogP contribution in [0.3, 0.4) is 0 Å². The molecule has 3 nitrogen and oxygen atoms in total. The molecular formula is C11H11BrClN3. The number of halogens is 2. The van der Waals surface area contributed by atoms with Crippen molar-refractivity contribution >= 4 is 38.6 Å². The van der Waals surface area contributed by atoms with Gasteiger partial charge in [-0.15, -0.1) is 0 Å². The van der Waals surface area contributed by atoms with Crippen LogP contribution in [-0.2, 0) is 7.05 Å². The molecule has 0 radical (unpaired) electrons. The Hall–Kier alpha value is -0.610. The van der Waals surface area contributed by atoms with Crippen molar-refractivity contribution in [2.75, 3.05) is 0 Å². The molecule has 1 saturated carbocycles. The summed E-state index contributed by atoms with van der Waals surface area (Å²) in [6.07, 6.45) is 2.45. The van der Waals surface area contributed by atoms with Crippen molar-refractivity contribution in [2.24, 2.45) is 7.05 Å². The maximum atomic E-state index is 6.22. The van der Waals surface area contributed by atoms with Gasteiger partial charge in [-0.1, -0.05) is 11.6 Å². The molecule has 0 spiro atoms. The Bertz CT molecular complexity index is 587. The van der Waals surface area contributed by atoms with Crippen LogP contribution < -0.4 is 0 Å². The molecule has 5 heteroatoms. The van der Waals surface area contributed by atoms with E-state index in [9.17, 15) is 0 Å². The summed E-state index contributed by atoms with van der Waals surface area (Å²) in [6, 6.07) is 0. The zero-order chi connectivity index (χ0) is 11.4. The molecule has 0 aliphatic heterocycles. The molecule has 1 aliphatic rings. The second-order valence-corrected chi connectivity index (χ2v) is 5.44. The first-order valence-corrected chi connectivity index (χ1v) is 6.44. The molecule has 0 amide bonds. The topological polar surface area (TPSA) is 30.7 Å². The van der Waals surface area contributed by atoms with Crippen molar-refractivity contribution in [3.05, 3.63) is 21.1 Å². The minimum absolute atomic E-state index is 0.596. The molecule has 1 aliphatic carbocycles. The van der Waals surface area contributed by atoms with Crippen molar-refractivity contribution in [1.82, 2.24) is 14.5 Å². The van der Waals surface area contributed by atoms with Gasteiger partial charge in [0.05, 0.1) is 15.6 Å². The molecule has 16 heavy (non-hydrogen) atoms. The van der Waals surface area contributed by atoms with Gasteiger partial charge in [0.2, 0.25) is 0 Å². The zero-order valence-electron chi connectivity index (χ0n) is 9.09. The van der Waals surface area contributed by atoms with Gasteiger partial charge in [-0.3, -0.25) is 0 Å². The Kier molecular flexibility index (Phi) is 2.27. The molecule has 1 fully saturated rings. The minimum atomic E-state index is 0.596. The second-order valence-electron chi connectivity index (χ2n) is 4.29. The lowest BCUT2D eigenvalue weighted by Crippen LogP contribution is -1.98. The third kappa shape index (κ3) is 1.39. The van der Waals surface area contributed by atoms with Gasteiger partial charge in [-0.05, 0) is 35.7 Å². The number of rotatable bonds is 1. The highest BCUT2D eigenvalue weighted by atomic mass is 79.9. The Morgan fingerprint density at radius 2 is 2.06 bits per heavy atom. The van der Waals surface area contributed by atoms with E-state index in [2.05, 4.69) is 25.9 Å². The average Bonchev–Trinajstić information content (AvgIpc) is 3.05. The summed E-state index contributed by atoms with van der Waals surface area (Å²) < 4.78 is 2.83. The fourth-order valence-electron chi connectivity index (χ4n) is 2.03. The van der Waals surface area contributed by atoms with E-state index < -0.39 is 0 Å². The maximum absolute atomic E-state index is 6.22. The molecule has 0 aromatic carbocycles. The highest BCUT2D eigenvalue weighted by Gasteiger charge is 2.30. The molecule has 0 atom stereocenters. The highest BCUT2D eigenvalue weighted by Crippen LogP contribution is 2.45. The minimum Gasteiger partial charge on any atom is -0.318 e. The van der Waals surface area contributed by atoms with Crippen molar-refractivity contribution in [3.8, 4) is 0 Å². The lowest BCUT2D eigenvalue weighted by Gasteiger charge is -2.03. The van der Waals surface area contributed by atoms with E-state index in [0.29, 0.717) is 11.1 Å². The molecule has 3 rings (SSSR count). The average molecular weight is 301 g/mol. The van der Waals surface area contributed by atoms with Crippen molar-refractivity contribution in [1.29, 1.82) is 0 Å². The first kappa shape index (κ1) is 10.5. The largest absolute Gasteiger partial charge is 0.318 e. The normalized spacial score (nSPS) is 16.0. The number of aryl methyl sites for hydroxylation is 2. The van der Waals surface area contributed by atoms with Gasteiger partial charge in [0.25, 0.3) is 0 Å². The number of fused-ring (bicyclic) bond motifs is 1. The van der Waals surface area contributed by atoms with E-state index >= 15 is 0 Å². The Labute approximate surface area is 107 Å². The second kappa shape index (κ2) is 3.44. The number of hydrogen-bond donors (Lipinski definition) is 0. The fourth-order valence-corrected chi connectivity index (χ4v) is 2.85. The molecule has 0 saturated heterocycles. The molecule has 2 aromatic heterocycles. The van der Waals surface area contributed by atoms with E-state index in [1.165, 1.54) is 12.8 Å². The lowest BCUT2D eigenvalue weighted by atomic mass is 10.2. The van der Waals surface area contributed by atoms with Gasteiger partial charge >= 0.3 is 0 Å². The maximum Gasteiger partial charge on any atom is 0.146 e. The molecule has 2 aromatic rings. The van der Waals surface area contributed by atoms with Crippen LogP contribution in [0.2, 0.25) is 5.15 Å². The molecule has 0 unspecified atom stereocenters. The first-order chi connectivity index (χ1) is 7.59. The molecule has 0 bridgehead atoms. The summed E-state index contributed by atoms with van der Waals surface area (Å²) in [5.74, 6) is 1.41. The summed E-state index contributed by atoms with van der Waals surface area (Å²) in [5.41, 5.74) is 2.07.